The molecule has 0 bridgehead atoms. The molecule has 0 aromatic heterocycles. The minimum Gasteiger partial charge on any atom is -0.468 e. The Bertz CT molecular complexity index is 243. The van der Waals surface area contributed by atoms with Crippen LogP contribution in [0.4, 0.5) is 0 Å². The lowest BCUT2D eigenvalue weighted by atomic mass is 9.93. The Kier molecular flexibility index (Phi) is 8.20. The summed E-state index contributed by atoms with van der Waals surface area (Å²) in [6.45, 7) is 10.8. The van der Waals surface area contributed by atoms with Gasteiger partial charge >= 0.3 is 5.97 Å². The van der Waals surface area contributed by atoms with Gasteiger partial charge in [0.1, 0.15) is 5.54 Å². The molecule has 0 aromatic carbocycles. The van der Waals surface area contributed by atoms with Crippen LogP contribution < -0.4 is 5.32 Å². The molecule has 1 N–H and O–H groups in total. The van der Waals surface area contributed by atoms with E-state index in [-0.39, 0.29) is 18.1 Å². The Morgan fingerprint density at radius 3 is 2.39 bits per heavy atom. The van der Waals surface area contributed by atoms with E-state index in [1.807, 2.05) is 27.7 Å². The highest BCUT2D eigenvalue weighted by atomic mass is 16.5. The van der Waals surface area contributed by atoms with Gasteiger partial charge in [0.05, 0.1) is 13.2 Å². The van der Waals surface area contributed by atoms with Crippen LogP contribution in [0.25, 0.3) is 0 Å². The lowest BCUT2D eigenvalue weighted by Gasteiger charge is -2.32. The van der Waals surface area contributed by atoms with Gasteiger partial charge < -0.3 is 9.47 Å². The number of nitrogens with one attached hydrogen (secondary N) is 1. The molecule has 0 saturated carbocycles. The summed E-state index contributed by atoms with van der Waals surface area (Å²) < 4.78 is 10.6. The van der Waals surface area contributed by atoms with Crippen molar-refractivity contribution in [1.82, 2.24) is 5.32 Å². The van der Waals surface area contributed by atoms with Crippen LogP contribution >= 0.6 is 0 Å². The first-order valence-electron chi connectivity index (χ1n) is 6.83. The number of hydrogen-bond acceptors (Lipinski definition) is 4. The number of hydrogen-bond donors (Lipinski definition) is 1. The average molecular weight is 259 g/mol. The smallest absolute Gasteiger partial charge is 0.325 e. The van der Waals surface area contributed by atoms with E-state index >= 15 is 0 Å². The van der Waals surface area contributed by atoms with Gasteiger partial charge in [0, 0.05) is 19.1 Å². The van der Waals surface area contributed by atoms with Crippen molar-refractivity contribution in [2.75, 3.05) is 13.7 Å². The molecule has 4 nitrogen and oxygen atoms in total. The van der Waals surface area contributed by atoms with E-state index in [0.717, 1.165) is 19.4 Å². The van der Waals surface area contributed by atoms with Crippen molar-refractivity contribution < 1.29 is 14.3 Å². The van der Waals surface area contributed by atoms with Gasteiger partial charge in [0.2, 0.25) is 0 Å². The van der Waals surface area contributed by atoms with Gasteiger partial charge in [0.25, 0.3) is 0 Å². The number of esters is 1. The number of carbonyl (C=O) groups excluding carboxylic acids is 1. The van der Waals surface area contributed by atoms with Crippen LogP contribution in [-0.2, 0) is 14.3 Å². The normalized spacial score (nSPS) is 16.4. The van der Waals surface area contributed by atoms with Crippen LogP contribution in [0.15, 0.2) is 0 Å². The van der Waals surface area contributed by atoms with Crippen molar-refractivity contribution in [1.29, 1.82) is 0 Å². The Hall–Kier alpha value is -0.610. The van der Waals surface area contributed by atoms with Gasteiger partial charge in [-0.3, -0.25) is 10.1 Å². The fourth-order valence-electron chi connectivity index (χ4n) is 2.13. The van der Waals surface area contributed by atoms with Gasteiger partial charge in [-0.25, -0.2) is 0 Å². The number of carbonyl (C=O) groups is 1. The zero-order valence-electron chi connectivity index (χ0n) is 12.7. The van der Waals surface area contributed by atoms with Crippen LogP contribution in [-0.4, -0.2) is 37.4 Å². The summed E-state index contributed by atoms with van der Waals surface area (Å²) in [4.78, 5) is 11.9. The van der Waals surface area contributed by atoms with Gasteiger partial charge in [-0.1, -0.05) is 13.3 Å². The van der Waals surface area contributed by atoms with Crippen LogP contribution in [0.2, 0.25) is 0 Å². The fraction of sp³-hybridized carbons (Fsp3) is 0.929. The molecule has 0 rings (SSSR count). The maximum atomic E-state index is 11.9. The van der Waals surface area contributed by atoms with E-state index in [1.165, 1.54) is 7.11 Å². The second kappa shape index (κ2) is 8.48. The monoisotopic (exact) mass is 259 g/mol. The number of rotatable bonds is 9. The third kappa shape index (κ3) is 6.36. The molecule has 0 spiro atoms. The molecule has 0 radical (unpaired) electrons. The minimum atomic E-state index is -0.686. The van der Waals surface area contributed by atoms with Crippen LogP contribution in [0.1, 0.15) is 53.9 Å². The zero-order valence-corrected chi connectivity index (χ0v) is 12.7. The summed E-state index contributed by atoms with van der Waals surface area (Å²) in [5.74, 6) is -0.234. The molecule has 0 amide bonds. The molecule has 0 saturated heterocycles. The van der Waals surface area contributed by atoms with Crippen molar-refractivity contribution in [3.8, 4) is 0 Å². The van der Waals surface area contributed by atoms with Crippen molar-refractivity contribution in [3.05, 3.63) is 0 Å². The van der Waals surface area contributed by atoms with Crippen LogP contribution in [0.3, 0.4) is 0 Å². The third-order valence-corrected chi connectivity index (χ3v) is 2.84. The van der Waals surface area contributed by atoms with E-state index in [1.54, 1.807) is 0 Å². The molecular weight excluding hydrogens is 230 g/mol. The molecule has 4 heteroatoms. The van der Waals surface area contributed by atoms with Crippen molar-refractivity contribution >= 4 is 5.97 Å². The standard InChI is InChI=1S/C14H29NO3/c1-7-8-9-18-12(4)10-14(5,13(16)17-6)15-11(2)3/h11-12,15H,7-10H2,1-6H3. The lowest BCUT2D eigenvalue weighted by Crippen LogP contribution is -2.54. The van der Waals surface area contributed by atoms with E-state index in [9.17, 15) is 4.79 Å². The summed E-state index contributed by atoms with van der Waals surface area (Å²) in [5.41, 5.74) is -0.686. The highest BCUT2D eigenvalue weighted by Gasteiger charge is 2.36. The molecule has 2 unspecified atom stereocenters. The maximum absolute atomic E-state index is 11.9. The van der Waals surface area contributed by atoms with E-state index in [0.29, 0.717) is 6.42 Å². The van der Waals surface area contributed by atoms with E-state index in [4.69, 9.17) is 9.47 Å². The van der Waals surface area contributed by atoms with Crippen LogP contribution in [0.5, 0.6) is 0 Å². The summed E-state index contributed by atoms with van der Waals surface area (Å²) in [5, 5.41) is 3.27. The molecule has 0 aliphatic heterocycles. The Morgan fingerprint density at radius 2 is 1.94 bits per heavy atom. The predicted octanol–water partition coefficient (Wildman–Crippen LogP) is 2.51. The number of unbranched alkanes of at least 4 members (excludes halogenated alkanes) is 1. The van der Waals surface area contributed by atoms with Crippen molar-refractivity contribution in [2.45, 2.75) is 71.6 Å². The van der Waals surface area contributed by atoms with E-state index in [2.05, 4.69) is 12.2 Å². The highest BCUT2D eigenvalue weighted by molar-refractivity contribution is 5.80. The quantitative estimate of drug-likeness (QED) is 0.510. The first-order valence-corrected chi connectivity index (χ1v) is 6.83. The third-order valence-electron chi connectivity index (χ3n) is 2.84. The molecule has 0 aromatic rings. The molecule has 108 valence electrons. The average Bonchev–Trinajstić information content (AvgIpc) is 2.26. The van der Waals surface area contributed by atoms with Gasteiger partial charge in [-0.15, -0.1) is 0 Å². The molecular formula is C14H29NO3. The summed E-state index contributed by atoms with van der Waals surface area (Å²) in [6, 6.07) is 0.219. The minimum absolute atomic E-state index is 0.0342. The van der Waals surface area contributed by atoms with Crippen molar-refractivity contribution in [3.63, 3.8) is 0 Å². The Morgan fingerprint density at radius 1 is 1.33 bits per heavy atom. The van der Waals surface area contributed by atoms with Gasteiger partial charge in [-0.2, -0.15) is 0 Å². The van der Waals surface area contributed by atoms with Gasteiger partial charge in [-0.05, 0) is 34.1 Å². The molecule has 2 atom stereocenters. The summed E-state index contributed by atoms with van der Waals surface area (Å²) >= 11 is 0. The lowest BCUT2D eigenvalue weighted by molar-refractivity contribution is -0.150. The maximum Gasteiger partial charge on any atom is 0.325 e. The zero-order chi connectivity index (χ0) is 14.2. The molecule has 0 aliphatic rings. The predicted molar refractivity (Wildman–Crippen MR) is 73.6 cm³/mol. The van der Waals surface area contributed by atoms with Gasteiger partial charge in [0.15, 0.2) is 0 Å². The molecule has 0 aliphatic carbocycles. The first-order chi connectivity index (χ1) is 8.35. The first kappa shape index (κ1) is 17.4. The molecule has 0 fully saturated rings. The second-order valence-corrected chi connectivity index (χ2v) is 5.36. The van der Waals surface area contributed by atoms with E-state index < -0.39 is 5.54 Å². The SMILES string of the molecule is CCCCOC(C)CC(C)(NC(C)C)C(=O)OC. The topological polar surface area (TPSA) is 47.6 Å². The van der Waals surface area contributed by atoms with Crippen LogP contribution in [0, 0.1) is 0 Å². The fourth-order valence-corrected chi connectivity index (χ4v) is 2.13. The summed E-state index contributed by atoms with van der Waals surface area (Å²) in [6.07, 6.45) is 2.82. The molecule has 18 heavy (non-hydrogen) atoms. The molecule has 0 heterocycles. The summed E-state index contributed by atoms with van der Waals surface area (Å²) in [7, 11) is 1.42. The Labute approximate surface area is 111 Å². The second-order valence-electron chi connectivity index (χ2n) is 5.36. The largest absolute Gasteiger partial charge is 0.468 e. The number of ether oxygens (including phenoxy) is 2. The number of methoxy groups -OCH3 is 1. The van der Waals surface area contributed by atoms with Crippen molar-refractivity contribution in [2.24, 2.45) is 0 Å². The Balaban J connectivity index is 4.44. The highest BCUT2D eigenvalue weighted by Crippen LogP contribution is 2.17.